The SMILES string of the molecule is Nc1ccc(CCNc2nc(N)c3[nH]cnc3n2)cc1. The number of nitrogens with one attached hydrogen (secondary N) is 2. The third kappa shape index (κ3) is 2.46. The Morgan fingerprint density at radius 1 is 1.10 bits per heavy atom. The monoisotopic (exact) mass is 269 g/mol. The number of aromatic nitrogens is 4. The zero-order valence-electron chi connectivity index (χ0n) is 10.8. The van der Waals surface area contributed by atoms with Crippen molar-refractivity contribution in [1.82, 2.24) is 19.9 Å². The standard InChI is InChI=1S/C13H15N7/c14-9-3-1-8(2-4-9)5-6-16-13-19-11(15)10-12(20-13)18-7-17-10/h1-4,7H,5-6,14H2,(H4,15,16,17,18,19,20). The predicted molar refractivity (Wildman–Crippen MR) is 79.1 cm³/mol. The topological polar surface area (TPSA) is 119 Å². The Kier molecular flexibility index (Phi) is 3.08. The van der Waals surface area contributed by atoms with Crippen molar-refractivity contribution in [1.29, 1.82) is 0 Å². The van der Waals surface area contributed by atoms with Crippen LogP contribution in [0.3, 0.4) is 0 Å². The van der Waals surface area contributed by atoms with Gasteiger partial charge in [0.15, 0.2) is 11.5 Å². The number of nitrogens with zero attached hydrogens (tertiary/aromatic N) is 3. The Morgan fingerprint density at radius 2 is 1.90 bits per heavy atom. The van der Waals surface area contributed by atoms with Crippen LogP contribution in [0.5, 0.6) is 0 Å². The minimum absolute atomic E-state index is 0.391. The van der Waals surface area contributed by atoms with Crippen LogP contribution in [0.2, 0.25) is 0 Å². The second-order valence-electron chi connectivity index (χ2n) is 4.45. The molecule has 1 aromatic carbocycles. The van der Waals surface area contributed by atoms with Gasteiger partial charge in [-0.1, -0.05) is 12.1 Å². The highest BCUT2D eigenvalue weighted by Gasteiger charge is 2.06. The number of hydrogen-bond donors (Lipinski definition) is 4. The van der Waals surface area contributed by atoms with E-state index in [1.165, 1.54) is 5.56 Å². The summed E-state index contributed by atoms with van der Waals surface area (Å²) in [6.07, 6.45) is 2.40. The third-order valence-corrected chi connectivity index (χ3v) is 2.99. The first-order chi connectivity index (χ1) is 9.72. The van der Waals surface area contributed by atoms with Crippen molar-refractivity contribution in [2.24, 2.45) is 0 Å². The van der Waals surface area contributed by atoms with Gasteiger partial charge in [-0.25, -0.2) is 4.98 Å². The molecule has 2 aromatic heterocycles. The fraction of sp³-hybridized carbons (Fsp3) is 0.154. The summed E-state index contributed by atoms with van der Waals surface area (Å²) < 4.78 is 0. The number of imidazole rings is 1. The van der Waals surface area contributed by atoms with Crippen molar-refractivity contribution >= 4 is 28.6 Å². The summed E-state index contributed by atoms with van der Waals surface area (Å²) in [6, 6.07) is 7.78. The number of H-pyrrole nitrogens is 1. The normalized spacial score (nSPS) is 10.8. The molecule has 0 radical (unpaired) electrons. The van der Waals surface area contributed by atoms with Gasteiger partial charge in [0, 0.05) is 12.2 Å². The molecule has 6 N–H and O–H groups in total. The summed E-state index contributed by atoms with van der Waals surface area (Å²) in [7, 11) is 0. The van der Waals surface area contributed by atoms with Crippen molar-refractivity contribution in [2.75, 3.05) is 23.3 Å². The van der Waals surface area contributed by atoms with E-state index in [-0.39, 0.29) is 0 Å². The van der Waals surface area contributed by atoms with E-state index in [2.05, 4.69) is 25.3 Å². The highest BCUT2D eigenvalue weighted by Crippen LogP contribution is 2.15. The highest BCUT2D eigenvalue weighted by molar-refractivity contribution is 5.82. The first-order valence-electron chi connectivity index (χ1n) is 6.27. The number of anilines is 3. The molecule has 7 nitrogen and oxygen atoms in total. The quantitative estimate of drug-likeness (QED) is 0.528. The summed E-state index contributed by atoms with van der Waals surface area (Å²) in [5.41, 5.74) is 14.7. The number of fused-ring (bicyclic) bond motifs is 1. The van der Waals surface area contributed by atoms with Crippen molar-refractivity contribution in [2.45, 2.75) is 6.42 Å². The molecule has 7 heteroatoms. The maximum Gasteiger partial charge on any atom is 0.226 e. The molecule has 102 valence electrons. The zero-order chi connectivity index (χ0) is 13.9. The fourth-order valence-electron chi connectivity index (χ4n) is 1.94. The van der Waals surface area contributed by atoms with E-state index < -0.39 is 0 Å². The van der Waals surface area contributed by atoms with Crippen LogP contribution < -0.4 is 16.8 Å². The summed E-state index contributed by atoms with van der Waals surface area (Å²) >= 11 is 0. The van der Waals surface area contributed by atoms with Crippen LogP contribution in [0.15, 0.2) is 30.6 Å². The number of nitrogens with two attached hydrogens (primary N) is 2. The molecule has 0 amide bonds. The molecular weight excluding hydrogens is 254 g/mol. The first-order valence-corrected chi connectivity index (χ1v) is 6.27. The fourth-order valence-corrected chi connectivity index (χ4v) is 1.94. The summed E-state index contributed by atoms with van der Waals surface area (Å²) in [5.74, 6) is 0.875. The Hall–Kier alpha value is -2.83. The molecule has 0 unspecified atom stereocenters. The van der Waals surface area contributed by atoms with Crippen LogP contribution in [-0.2, 0) is 6.42 Å². The van der Waals surface area contributed by atoms with E-state index >= 15 is 0 Å². The van der Waals surface area contributed by atoms with Gasteiger partial charge in [-0.3, -0.25) is 0 Å². The number of rotatable bonds is 4. The average Bonchev–Trinajstić information content (AvgIpc) is 2.90. The van der Waals surface area contributed by atoms with E-state index in [0.29, 0.717) is 29.5 Å². The van der Waals surface area contributed by atoms with Gasteiger partial charge in [-0.15, -0.1) is 0 Å². The van der Waals surface area contributed by atoms with E-state index in [4.69, 9.17) is 11.5 Å². The lowest BCUT2D eigenvalue weighted by atomic mass is 10.1. The molecule has 0 fully saturated rings. The molecule has 20 heavy (non-hydrogen) atoms. The summed E-state index contributed by atoms with van der Waals surface area (Å²) in [6.45, 7) is 0.708. The molecule has 0 saturated carbocycles. The summed E-state index contributed by atoms with van der Waals surface area (Å²) in [5, 5.41) is 3.14. The van der Waals surface area contributed by atoms with E-state index in [9.17, 15) is 0 Å². The molecule has 0 atom stereocenters. The second kappa shape index (κ2) is 5.04. The van der Waals surface area contributed by atoms with Gasteiger partial charge in [-0.05, 0) is 24.1 Å². The zero-order valence-corrected chi connectivity index (χ0v) is 10.8. The maximum absolute atomic E-state index is 5.82. The third-order valence-electron chi connectivity index (χ3n) is 2.99. The molecule has 3 aromatic rings. The van der Waals surface area contributed by atoms with Crippen molar-refractivity contribution in [3.05, 3.63) is 36.2 Å². The Morgan fingerprint density at radius 3 is 2.70 bits per heavy atom. The van der Waals surface area contributed by atoms with Gasteiger partial charge in [0.25, 0.3) is 0 Å². The van der Waals surface area contributed by atoms with Gasteiger partial charge < -0.3 is 21.8 Å². The van der Waals surface area contributed by atoms with E-state index in [1.54, 1.807) is 6.33 Å². The number of aromatic amines is 1. The largest absolute Gasteiger partial charge is 0.399 e. The van der Waals surface area contributed by atoms with Crippen molar-refractivity contribution < 1.29 is 0 Å². The van der Waals surface area contributed by atoms with Crippen LogP contribution >= 0.6 is 0 Å². The number of hydrogen-bond acceptors (Lipinski definition) is 6. The Balaban J connectivity index is 1.66. The molecule has 3 rings (SSSR count). The molecule has 0 saturated heterocycles. The van der Waals surface area contributed by atoms with Gasteiger partial charge in [0.05, 0.1) is 6.33 Å². The lowest BCUT2D eigenvalue weighted by molar-refractivity contribution is 0.990. The molecule has 0 spiro atoms. The van der Waals surface area contributed by atoms with Crippen molar-refractivity contribution in [3.63, 3.8) is 0 Å². The van der Waals surface area contributed by atoms with Gasteiger partial charge in [0.2, 0.25) is 5.95 Å². The van der Waals surface area contributed by atoms with E-state index in [1.807, 2.05) is 24.3 Å². The van der Waals surface area contributed by atoms with Crippen molar-refractivity contribution in [3.8, 4) is 0 Å². The van der Waals surface area contributed by atoms with Crippen LogP contribution in [0.1, 0.15) is 5.56 Å². The molecule has 0 bridgehead atoms. The Bertz CT molecular complexity index is 717. The second-order valence-corrected chi connectivity index (χ2v) is 4.45. The van der Waals surface area contributed by atoms with Crippen LogP contribution in [0, 0.1) is 0 Å². The van der Waals surface area contributed by atoms with Gasteiger partial charge >= 0.3 is 0 Å². The predicted octanol–water partition coefficient (Wildman–Crippen LogP) is 1.17. The van der Waals surface area contributed by atoms with E-state index in [0.717, 1.165) is 12.1 Å². The van der Waals surface area contributed by atoms with Crippen LogP contribution in [0.25, 0.3) is 11.2 Å². The van der Waals surface area contributed by atoms with Crippen LogP contribution in [-0.4, -0.2) is 26.5 Å². The summed E-state index contributed by atoms with van der Waals surface area (Å²) in [4.78, 5) is 15.4. The lowest BCUT2D eigenvalue weighted by Crippen LogP contribution is -2.09. The highest BCUT2D eigenvalue weighted by atomic mass is 15.2. The average molecular weight is 269 g/mol. The minimum Gasteiger partial charge on any atom is -0.399 e. The molecule has 0 aliphatic heterocycles. The smallest absolute Gasteiger partial charge is 0.226 e. The lowest BCUT2D eigenvalue weighted by Gasteiger charge is -2.06. The van der Waals surface area contributed by atoms with Gasteiger partial charge in [-0.2, -0.15) is 9.97 Å². The maximum atomic E-state index is 5.82. The Labute approximate surface area is 115 Å². The number of benzene rings is 1. The minimum atomic E-state index is 0.391. The molecule has 0 aliphatic rings. The first kappa shape index (κ1) is 12.2. The molecule has 0 aliphatic carbocycles. The molecule has 2 heterocycles. The van der Waals surface area contributed by atoms with Crippen LogP contribution in [0.4, 0.5) is 17.5 Å². The molecular formula is C13H15N7. The van der Waals surface area contributed by atoms with Gasteiger partial charge in [0.1, 0.15) is 5.52 Å². The number of nitrogen functional groups attached to an aromatic ring is 2.